The summed E-state index contributed by atoms with van der Waals surface area (Å²) < 4.78 is 1.55. The number of nitro benzene ring substituents is 1. The Bertz CT molecular complexity index is 590. The van der Waals surface area contributed by atoms with E-state index in [9.17, 15) is 10.1 Å². The van der Waals surface area contributed by atoms with Crippen LogP contribution in [0, 0.1) is 24.0 Å². The first-order valence-corrected chi connectivity index (χ1v) is 4.94. The number of aromatic nitrogens is 3. The van der Waals surface area contributed by atoms with Crippen LogP contribution in [0.25, 0.3) is 5.69 Å². The van der Waals surface area contributed by atoms with E-state index in [1.807, 2.05) is 0 Å². The van der Waals surface area contributed by atoms with Crippen molar-refractivity contribution in [2.45, 2.75) is 13.8 Å². The van der Waals surface area contributed by atoms with Crippen molar-refractivity contribution >= 4 is 11.5 Å². The molecule has 2 N–H and O–H groups in total. The summed E-state index contributed by atoms with van der Waals surface area (Å²) in [5.41, 5.74) is 7.65. The number of rotatable bonds is 2. The molecule has 0 fully saturated rings. The minimum Gasteiger partial charge on any atom is -0.381 e. The molecule has 0 bridgehead atoms. The molecule has 88 valence electrons. The van der Waals surface area contributed by atoms with E-state index < -0.39 is 4.92 Å². The maximum Gasteiger partial charge on any atom is 0.272 e. The van der Waals surface area contributed by atoms with Gasteiger partial charge in [-0.25, -0.2) is 4.68 Å². The quantitative estimate of drug-likeness (QED) is 0.623. The number of anilines is 1. The number of nitrogens with two attached hydrogens (primary N) is 1. The van der Waals surface area contributed by atoms with E-state index in [0.717, 1.165) is 0 Å². The number of aryl methyl sites for hydroxylation is 1. The van der Waals surface area contributed by atoms with Gasteiger partial charge >= 0.3 is 0 Å². The van der Waals surface area contributed by atoms with E-state index in [4.69, 9.17) is 5.73 Å². The van der Waals surface area contributed by atoms with Gasteiger partial charge in [-0.2, -0.15) is 0 Å². The number of benzene rings is 1. The zero-order valence-corrected chi connectivity index (χ0v) is 9.41. The van der Waals surface area contributed by atoms with Crippen LogP contribution in [-0.4, -0.2) is 19.9 Å². The van der Waals surface area contributed by atoms with Gasteiger partial charge in [-0.3, -0.25) is 10.1 Å². The van der Waals surface area contributed by atoms with Gasteiger partial charge in [0.1, 0.15) is 0 Å². The fourth-order valence-corrected chi connectivity index (χ4v) is 1.56. The molecular weight excluding hydrogens is 222 g/mol. The second-order valence-corrected chi connectivity index (χ2v) is 3.70. The fraction of sp³-hybridized carbons (Fsp3) is 0.200. The van der Waals surface area contributed by atoms with Crippen molar-refractivity contribution in [1.82, 2.24) is 15.0 Å². The third kappa shape index (κ3) is 1.82. The lowest BCUT2D eigenvalue weighted by Crippen LogP contribution is -2.01. The van der Waals surface area contributed by atoms with Gasteiger partial charge < -0.3 is 5.73 Å². The molecule has 7 nitrogen and oxygen atoms in total. The van der Waals surface area contributed by atoms with E-state index in [1.165, 1.54) is 6.07 Å². The van der Waals surface area contributed by atoms with Crippen molar-refractivity contribution in [3.63, 3.8) is 0 Å². The summed E-state index contributed by atoms with van der Waals surface area (Å²) in [6.45, 7) is 3.46. The molecule has 1 aromatic heterocycles. The monoisotopic (exact) mass is 233 g/mol. The molecule has 0 radical (unpaired) electrons. The SMILES string of the molecule is Cc1cc(-n2nnc(N)c2C)ccc1[N+](=O)[O-]. The minimum atomic E-state index is -0.415. The summed E-state index contributed by atoms with van der Waals surface area (Å²) in [4.78, 5) is 10.3. The van der Waals surface area contributed by atoms with Crippen molar-refractivity contribution in [1.29, 1.82) is 0 Å². The van der Waals surface area contributed by atoms with Gasteiger partial charge in [0.2, 0.25) is 0 Å². The zero-order valence-electron chi connectivity index (χ0n) is 9.41. The van der Waals surface area contributed by atoms with Crippen LogP contribution < -0.4 is 5.73 Å². The third-order valence-corrected chi connectivity index (χ3v) is 2.55. The molecule has 7 heteroatoms. The third-order valence-electron chi connectivity index (χ3n) is 2.55. The molecule has 0 saturated carbocycles. The number of nitrogens with zero attached hydrogens (tertiary/aromatic N) is 4. The van der Waals surface area contributed by atoms with Crippen LogP contribution in [0.1, 0.15) is 11.3 Å². The van der Waals surface area contributed by atoms with Crippen molar-refractivity contribution in [3.05, 3.63) is 39.6 Å². The molecule has 0 atom stereocenters. The standard InChI is InChI=1S/C10H11N5O2/c1-6-5-8(3-4-9(6)15(16)17)14-7(2)10(11)12-13-14/h3-5H,11H2,1-2H3. The Morgan fingerprint density at radius 3 is 2.59 bits per heavy atom. The number of nitrogen functional groups attached to an aromatic ring is 1. The molecular formula is C10H11N5O2. The smallest absolute Gasteiger partial charge is 0.272 e. The molecule has 0 aliphatic rings. The molecule has 0 aliphatic carbocycles. The summed E-state index contributed by atoms with van der Waals surface area (Å²) in [5.74, 6) is 0.348. The Balaban J connectivity index is 2.52. The van der Waals surface area contributed by atoms with Gasteiger partial charge in [-0.15, -0.1) is 5.10 Å². The highest BCUT2D eigenvalue weighted by atomic mass is 16.6. The van der Waals surface area contributed by atoms with Crippen LogP contribution in [0.2, 0.25) is 0 Å². The molecule has 1 heterocycles. The molecule has 2 aromatic rings. The number of hydrogen-bond acceptors (Lipinski definition) is 5. The molecule has 1 aromatic carbocycles. The summed E-state index contributed by atoms with van der Waals surface area (Å²) in [6, 6.07) is 4.74. The lowest BCUT2D eigenvalue weighted by atomic mass is 10.2. The van der Waals surface area contributed by atoms with E-state index in [1.54, 1.807) is 30.7 Å². The maximum absolute atomic E-state index is 10.7. The molecule has 0 aliphatic heterocycles. The van der Waals surface area contributed by atoms with Crippen LogP contribution in [-0.2, 0) is 0 Å². The van der Waals surface area contributed by atoms with Crippen molar-refractivity contribution in [2.24, 2.45) is 0 Å². The minimum absolute atomic E-state index is 0.0829. The van der Waals surface area contributed by atoms with Gasteiger partial charge in [0, 0.05) is 11.6 Å². The summed E-state index contributed by atoms with van der Waals surface area (Å²) in [6.07, 6.45) is 0. The average Bonchev–Trinajstić information content (AvgIpc) is 2.59. The van der Waals surface area contributed by atoms with Gasteiger partial charge in [-0.05, 0) is 26.0 Å². The van der Waals surface area contributed by atoms with Gasteiger partial charge in [0.15, 0.2) is 5.82 Å². The van der Waals surface area contributed by atoms with E-state index in [2.05, 4.69) is 10.3 Å². The predicted octanol–water partition coefficient (Wildman–Crippen LogP) is 1.37. The molecule has 0 unspecified atom stereocenters. The van der Waals surface area contributed by atoms with Crippen LogP contribution in [0.5, 0.6) is 0 Å². The largest absolute Gasteiger partial charge is 0.381 e. The highest BCUT2D eigenvalue weighted by Gasteiger charge is 2.13. The van der Waals surface area contributed by atoms with Crippen LogP contribution in [0.3, 0.4) is 0 Å². The second kappa shape index (κ2) is 3.85. The highest BCUT2D eigenvalue weighted by Crippen LogP contribution is 2.22. The first-order chi connectivity index (χ1) is 8.00. The summed E-state index contributed by atoms with van der Waals surface area (Å²) in [5, 5.41) is 18.3. The van der Waals surface area contributed by atoms with E-state index in [-0.39, 0.29) is 5.69 Å². The Morgan fingerprint density at radius 1 is 1.41 bits per heavy atom. The summed E-state index contributed by atoms with van der Waals surface area (Å²) in [7, 11) is 0. The van der Waals surface area contributed by atoms with Crippen LogP contribution in [0.15, 0.2) is 18.2 Å². The topological polar surface area (TPSA) is 99.9 Å². The van der Waals surface area contributed by atoms with E-state index >= 15 is 0 Å². The van der Waals surface area contributed by atoms with Crippen molar-refractivity contribution < 1.29 is 4.92 Å². The zero-order chi connectivity index (χ0) is 12.6. The molecule has 0 spiro atoms. The summed E-state index contributed by atoms with van der Waals surface area (Å²) >= 11 is 0. The Morgan fingerprint density at radius 2 is 2.12 bits per heavy atom. The Kier molecular flexibility index (Phi) is 2.51. The van der Waals surface area contributed by atoms with E-state index in [0.29, 0.717) is 22.8 Å². The molecule has 0 amide bonds. The first kappa shape index (κ1) is 11.1. The average molecular weight is 233 g/mol. The van der Waals surface area contributed by atoms with Crippen molar-refractivity contribution in [2.75, 3.05) is 5.73 Å². The molecule has 2 rings (SSSR count). The molecule has 0 saturated heterocycles. The van der Waals surface area contributed by atoms with Crippen LogP contribution >= 0.6 is 0 Å². The Hall–Kier alpha value is -2.44. The highest BCUT2D eigenvalue weighted by molar-refractivity contribution is 5.49. The Labute approximate surface area is 97.0 Å². The van der Waals surface area contributed by atoms with Gasteiger partial charge in [-0.1, -0.05) is 5.21 Å². The lowest BCUT2D eigenvalue weighted by molar-refractivity contribution is -0.385. The van der Waals surface area contributed by atoms with Crippen molar-refractivity contribution in [3.8, 4) is 5.69 Å². The van der Waals surface area contributed by atoms with Gasteiger partial charge in [0.25, 0.3) is 5.69 Å². The number of hydrogen-bond donors (Lipinski definition) is 1. The maximum atomic E-state index is 10.7. The predicted molar refractivity (Wildman–Crippen MR) is 61.9 cm³/mol. The second-order valence-electron chi connectivity index (χ2n) is 3.70. The molecule has 17 heavy (non-hydrogen) atoms. The van der Waals surface area contributed by atoms with Crippen LogP contribution in [0.4, 0.5) is 11.5 Å². The van der Waals surface area contributed by atoms with Gasteiger partial charge in [0.05, 0.1) is 16.3 Å². The lowest BCUT2D eigenvalue weighted by Gasteiger charge is -2.04. The fourth-order valence-electron chi connectivity index (χ4n) is 1.56. The number of nitro groups is 1. The normalized spacial score (nSPS) is 10.5. The first-order valence-electron chi connectivity index (χ1n) is 4.94.